The van der Waals surface area contributed by atoms with E-state index in [-0.39, 0.29) is 11.7 Å². The van der Waals surface area contributed by atoms with Gasteiger partial charge in [-0.3, -0.25) is 10.1 Å². The molecule has 15 heavy (non-hydrogen) atoms. The van der Waals surface area contributed by atoms with Crippen molar-refractivity contribution in [1.29, 1.82) is 0 Å². The van der Waals surface area contributed by atoms with Crippen LogP contribution >= 0.6 is 0 Å². The van der Waals surface area contributed by atoms with Gasteiger partial charge in [-0.15, -0.1) is 0 Å². The lowest BCUT2D eigenvalue weighted by Crippen LogP contribution is -2.61. The van der Waals surface area contributed by atoms with Gasteiger partial charge in [-0.05, 0) is 19.8 Å². The molecule has 4 nitrogen and oxygen atoms in total. The molecular weight excluding hydrogens is 194 g/mol. The average molecular weight is 213 g/mol. The van der Waals surface area contributed by atoms with Crippen LogP contribution in [0.5, 0.6) is 0 Å². The zero-order chi connectivity index (χ0) is 10.9. The zero-order valence-corrected chi connectivity index (χ0v) is 9.16. The predicted octanol–water partition coefficient (Wildman–Crippen LogP) is 1.15. The Morgan fingerprint density at radius 2 is 2.07 bits per heavy atom. The maximum Gasteiger partial charge on any atom is 0.323 e. The number of carboxylic acid groups (broad SMARTS) is 1. The molecule has 86 valence electrons. The summed E-state index contributed by atoms with van der Waals surface area (Å²) in [4.78, 5) is 10.9. The minimum absolute atomic E-state index is 0.0797. The van der Waals surface area contributed by atoms with E-state index >= 15 is 0 Å². The summed E-state index contributed by atoms with van der Waals surface area (Å²) in [6.07, 6.45) is 5.59. The molecule has 2 rings (SSSR count). The second-order valence-electron chi connectivity index (χ2n) is 4.76. The Balaban J connectivity index is 2.00. The third kappa shape index (κ3) is 2.16. The van der Waals surface area contributed by atoms with Crippen molar-refractivity contribution in [2.75, 3.05) is 6.54 Å². The van der Waals surface area contributed by atoms with Crippen molar-refractivity contribution in [3.05, 3.63) is 0 Å². The van der Waals surface area contributed by atoms with Gasteiger partial charge in [-0.25, -0.2) is 0 Å². The standard InChI is InChI=1S/C11H19NO3/c1-8-9(10(13)14)12-7-11(15-8)5-3-2-4-6-11/h8-9,12H,2-7H2,1H3,(H,13,14). The molecule has 1 heterocycles. The van der Waals surface area contributed by atoms with E-state index in [2.05, 4.69) is 5.32 Å². The summed E-state index contributed by atoms with van der Waals surface area (Å²) >= 11 is 0. The number of ether oxygens (including phenoxy) is 1. The maximum atomic E-state index is 10.9. The lowest BCUT2D eigenvalue weighted by atomic mass is 9.83. The minimum atomic E-state index is -0.812. The van der Waals surface area contributed by atoms with Crippen molar-refractivity contribution in [2.45, 2.75) is 56.8 Å². The van der Waals surface area contributed by atoms with Crippen LogP contribution in [0.3, 0.4) is 0 Å². The normalized spacial score (nSPS) is 35.3. The van der Waals surface area contributed by atoms with Crippen molar-refractivity contribution >= 4 is 5.97 Å². The van der Waals surface area contributed by atoms with E-state index in [0.717, 1.165) is 12.8 Å². The van der Waals surface area contributed by atoms with Crippen LogP contribution in [0.1, 0.15) is 39.0 Å². The number of carboxylic acids is 1. The summed E-state index contributed by atoms with van der Waals surface area (Å²) in [5.74, 6) is -0.812. The Morgan fingerprint density at radius 1 is 1.40 bits per heavy atom. The van der Waals surface area contributed by atoms with Crippen LogP contribution in [0.15, 0.2) is 0 Å². The molecule has 0 aromatic carbocycles. The molecule has 2 aliphatic rings. The maximum absolute atomic E-state index is 10.9. The summed E-state index contributed by atoms with van der Waals surface area (Å²) in [6.45, 7) is 2.54. The Kier molecular flexibility index (Phi) is 2.98. The van der Waals surface area contributed by atoms with Crippen molar-refractivity contribution in [2.24, 2.45) is 0 Å². The monoisotopic (exact) mass is 213 g/mol. The molecule has 4 heteroatoms. The highest BCUT2D eigenvalue weighted by atomic mass is 16.5. The van der Waals surface area contributed by atoms with E-state index < -0.39 is 12.0 Å². The summed E-state index contributed by atoms with van der Waals surface area (Å²) in [6, 6.07) is -0.544. The van der Waals surface area contributed by atoms with Crippen LogP contribution in [0.25, 0.3) is 0 Å². The van der Waals surface area contributed by atoms with Gasteiger partial charge in [0.25, 0.3) is 0 Å². The van der Waals surface area contributed by atoms with Crippen molar-refractivity contribution in [3.8, 4) is 0 Å². The van der Waals surface area contributed by atoms with Crippen molar-refractivity contribution in [3.63, 3.8) is 0 Å². The van der Waals surface area contributed by atoms with Crippen molar-refractivity contribution < 1.29 is 14.6 Å². The second-order valence-corrected chi connectivity index (χ2v) is 4.76. The molecule has 2 atom stereocenters. The third-order valence-electron chi connectivity index (χ3n) is 3.58. The Labute approximate surface area is 90.0 Å². The fourth-order valence-corrected chi connectivity index (χ4v) is 2.74. The summed E-state index contributed by atoms with van der Waals surface area (Å²) < 4.78 is 5.95. The van der Waals surface area contributed by atoms with Gasteiger partial charge >= 0.3 is 5.97 Å². The molecule has 1 aliphatic carbocycles. The second kappa shape index (κ2) is 4.10. The SMILES string of the molecule is CC1OC2(CCCCC2)CNC1C(=O)O. The third-order valence-corrected chi connectivity index (χ3v) is 3.58. The van der Waals surface area contributed by atoms with Gasteiger partial charge in [-0.1, -0.05) is 19.3 Å². The number of nitrogens with one attached hydrogen (secondary N) is 1. The Bertz CT molecular complexity index is 248. The molecule has 0 aromatic heterocycles. The van der Waals surface area contributed by atoms with Crippen LogP contribution in [0.2, 0.25) is 0 Å². The lowest BCUT2D eigenvalue weighted by molar-refractivity contribution is -0.167. The Hall–Kier alpha value is -0.610. The molecule has 0 bridgehead atoms. The van der Waals surface area contributed by atoms with Crippen LogP contribution in [-0.2, 0) is 9.53 Å². The number of hydrogen-bond donors (Lipinski definition) is 2. The first-order valence-corrected chi connectivity index (χ1v) is 5.77. The van der Waals surface area contributed by atoms with Gasteiger partial charge in [0, 0.05) is 6.54 Å². The largest absolute Gasteiger partial charge is 0.480 e. The van der Waals surface area contributed by atoms with Crippen LogP contribution in [-0.4, -0.2) is 35.4 Å². The minimum Gasteiger partial charge on any atom is -0.480 e. The van der Waals surface area contributed by atoms with Gasteiger partial charge in [0.1, 0.15) is 6.04 Å². The number of hydrogen-bond acceptors (Lipinski definition) is 3. The number of aliphatic carboxylic acids is 1. The molecule has 1 spiro atoms. The topological polar surface area (TPSA) is 58.6 Å². The van der Waals surface area contributed by atoms with Crippen LogP contribution in [0, 0.1) is 0 Å². The van der Waals surface area contributed by atoms with Gasteiger partial charge in [-0.2, -0.15) is 0 Å². The summed E-state index contributed by atoms with van der Waals surface area (Å²) in [5, 5.41) is 12.1. The van der Waals surface area contributed by atoms with Gasteiger partial charge in [0.05, 0.1) is 11.7 Å². The van der Waals surface area contributed by atoms with E-state index in [9.17, 15) is 4.79 Å². The van der Waals surface area contributed by atoms with E-state index in [1.54, 1.807) is 0 Å². The molecule has 0 radical (unpaired) electrons. The molecule has 0 aromatic rings. The van der Waals surface area contributed by atoms with E-state index in [0.29, 0.717) is 6.54 Å². The molecule has 1 aliphatic heterocycles. The van der Waals surface area contributed by atoms with E-state index in [4.69, 9.17) is 9.84 Å². The summed E-state index contributed by atoms with van der Waals surface area (Å²) in [5.41, 5.74) is -0.0797. The smallest absolute Gasteiger partial charge is 0.323 e. The molecular formula is C11H19NO3. The highest BCUT2D eigenvalue weighted by Crippen LogP contribution is 2.34. The quantitative estimate of drug-likeness (QED) is 0.686. The molecule has 1 saturated heterocycles. The van der Waals surface area contributed by atoms with Gasteiger partial charge < -0.3 is 9.84 Å². The fourth-order valence-electron chi connectivity index (χ4n) is 2.74. The highest BCUT2D eigenvalue weighted by Gasteiger charge is 2.42. The average Bonchev–Trinajstić information content (AvgIpc) is 2.18. The van der Waals surface area contributed by atoms with Crippen LogP contribution < -0.4 is 5.32 Å². The predicted molar refractivity (Wildman–Crippen MR) is 55.8 cm³/mol. The number of carbonyl (C=O) groups is 1. The summed E-state index contributed by atoms with van der Waals surface area (Å²) in [7, 11) is 0. The Morgan fingerprint density at radius 3 is 2.60 bits per heavy atom. The van der Waals surface area contributed by atoms with E-state index in [1.165, 1.54) is 19.3 Å². The lowest BCUT2D eigenvalue weighted by Gasteiger charge is -2.45. The fraction of sp³-hybridized carbons (Fsp3) is 0.909. The molecule has 1 saturated carbocycles. The van der Waals surface area contributed by atoms with Crippen LogP contribution in [0.4, 0.5) is 0 Å². The first kappa shape index (κ1) is 10.9. The van der Waals surface area contributed by atoms with Gasteiger partial charge in [0.15, 0.2) is 0 Å². The number of morpholine rings is 1. The van der Waals surface area contributed by atoms with Crippen molar-refractivity contribution in [1.82, 2.24) is 5.32 Å². The first-order chi connectivity index (χ1) is 7.13. The highest BCUT2D eigenvalue weighted by molar-refractivity contribution is 5.74. The molecule has 2 fully saturated rings. The van der Waals surface area contributed by atoms with Gasteiger partial charge in [0.2, 0.25) is 0 Å². The molecule has 2 N–H and O–H groups in total. The molecule has 2 unspecified atom stereocenters. The first-order valence-electron chi connectivity index (χ1n) is 5.77. The molecule has 0 amide bonds. The van der Waals surface area contributed by atoms with E-state index in [1.807, 2.05) is 6.92 Å². The zero-order valence-electron chi connectivity index (χ0n) is 9.16. The number of rotatable bonds is 1.